The van der Waals surface area contributed by atoms with Gasteiger partial charge in [0.2, 0.25) is 0 Å². The summed E-state index contributed by atoms with van der Waals surface area (Å²) in [6, 6.07) is 6.14. The van der Waals surface area contributed by atoms with Crippen molar-refractivity contribution < 1.29 is 18.0 Å². The average molecular weight is 282 g/mol. The van der Waals surface area contributed by atoms with Gasteiger partial charge in [-0.1, -0.05) is 17.9 Å². The topological polar surface area (TPSA) is 55.1 Å². The fourth-order valence-electron chi connectivity index (χ4n) is 1.79. The first-order valence-electron chi connectivity index (χ1n) is 6.06. The predicted octanol–water partition coefficient (Wildman–Crippen LogP) is 1.82. The summed E-state index contributed by atoms with van der Waals surface area (Å²) in [6.07, 6.45) is -4.57. The van der Waals surface area contributed by atoms with E-state index in [0.717, 1.165) is 0 Å². The van der Waals surface area contributed by atoms with Crippen LogP contribution < -0.4 is 11.1 Å². The minimum Gasteiger partial charge on any atom is -0.338 e. The number of alkyl halides is 3. The molecule has 6 heteroatoms. The molecule has 0 aromatic heterocycles. The minimum absolute atomic E-state index is 0.0745. The van der Waals surface area contributed by atoms with E-state index < -0.39 is 17.6 Å². The number of nitrogens with two attached hydrogens (primary N) is 1. The van der Waals surface area contributed by atoms with Gasteiger partial charge < -0.3 is 11.1 Å². The Labute approximate surface area is 114 Å². The van der Waals surface area contributed by atoms with Crippen LogP contribution in [0.25, 0.3) is 0 Å². The lowest BCUT2D eigenvalue weighted by Crippen LogP contribution is -2.47. The van der Waals surface area contributed by atoms with E-state index in [9.17, 15) is 18.0 Å². The molecule has 0 heterocycles. The van der Waals surface area contributed by atoms with E-state index >= 15 is 0 Å². The van der Waals surface area contributed by atoms with Gasteiger partial charge in [0.25, 0.3) is 5.91 Å². The van der Waals surface area contributed by atoms with Crippen LogP contribution in [0.5, 0.6) is 0 Å². The van der Waals surface area contributed by atoms with Gasteiger partial charge in [0.05, 0.1) is 6.54 Å². The maximum absolute atomic E-state index is 12.8. The lowest BCUT2D eigenvalue weighted by atomic mass is 10.1. The van der Waals surface area contributed by atoms with Crippen LogP contribution in [0.1, 0.15) is 28.8 Å². The zero-order valence-electron chi connectivity index (χ0n) is 10.6. The number of rotatable bonds is 2. The summed E-state index contributed by atoms with van der Waals surface area (Å²) in [4.78, 5) is 11.9. The Morgan fingerprint density at radius 3 is 2.65 bits per heavy atom. The van der Waals surface area contributed by atoms with Crippen LogP contribution in [-0.4, -0.2) is 24.2 Å². The first kappa shape index (κ1) is 14.4. The average Bonchev–Trinajstić information content (AvgIpc) is 3.17. The van der Waals surface area contributed by atoms with E-state index in [4.69, 9.17) is 5.73 Å². The van der Waals surface area contributed by atoms with Crippen LogP contribution in [0.3, 0.4) is 0 Å². The highest BCUT2D eigenvalue weighted by atomic mass is 19.4. The second-order valence-corrected chi connectivity index (χ2v) is 4.62. The lowest BCUT2D eigenvalue weighted by molar-refractivity contribution is -0.163. The molecule has 0 unspecified atom stereocenters. The number of carbonyl (C=O) groups is 1. The number of nitrogens with one attached hydrogen (secondary N) is 1. The van der Waals surface area contributed by atoms with Crippen molar-refractivity contribution in [3.63, 3.8) is 0 Å². The van der Waals surface area contributed by atoms with Crippen LogP contribution in [0.2, 0.25) is 0 Å². The van der Waals surface area contributed by atoms with E-state index in [2.05, 4.69) is 17.2 Å². The van der Waals surface area contributed by atoms with Crippen LogP contribution in [0.4, 0.5) is 13.2 Å². The number of halogens is 3. The van der Waals surface area contributed by atoms with E-state index in [0.29, 0.717) is 5.56 Å². The summed E-state index contributed by atoms with van der Waals surface area (Å²) < 4.78 is 38.3. The van der Waals surface area contributed by atoms with Crippen LogP contribution in [0, 0.1) is 11.8 Å². The molecule has 0 spiro atoms. The highest BCUT2D eigenvalue weighted by Crippen LogP contribution is 2.49. The molecule has 1 saturated carbocycles. The lowest BCUT2D eigenvalue weighted by Gasteiger charge is -2.20. The smallest absolute Gasteiger partial charge is 0.338 e. The second kappa shape index (κ2) is 5.17. The molecule has 0 aliphatic heterocycles. The van der Waals surface area contributed by atoms with Crippen molar-refractivity contribution in [3.8, 4) is 11.8 Å². The number of hydrogen-bond donors (Lipinski definition) is 2. The first-order chi connectivity index (χ1) is 9.38. The van der Waals surface area contributed by atoms with Gasteiger partial charge >= 0.3 is 6.18 Å². The van der Waals surface area contributed by atoms with E-state index in [-0.39, 0.29) is 24.9 Å². The van der Waals surface area contributed by atoms with Gasteiger partial charge in [-0.3, -0.25) is 4.79 Å². The Balaban J connectivity index is 2.14. The summed E-state index contributed by atoms with van der Waals surface area (Å²) in [6.45, 7) is 0.174. The standard InChI is InChI=1S/C14H13F3N2O/c15-14(16,17)13(6-7-13)19-12(20)11-5-1-3-10(9-11)4-2-8-18/h1,3,5,9H,6-8,18H2,(H,19,20). The van der Waals surface area contributed by atoms with Crippen molar-refractivity contribution in [2.75, 3.05) is 6.54 Å². The zero-order valence-corrected chi connectivity index (χ0v) is 10.6. The molecule has 1 aliphatic rings. The monoisotopic (exact) mass is 282 g/mol. The predicted molar refractivity (Wildman–Crippen MR) is 67.9 cm³/mol. The van der Waals surface area contributed by atoms with Crippen molar-refractivity contribution >= 4 is 5.91 Å². The van der Waals surface area contributed by atoms with Crippen molar-refractivity contribution in [2.45, 2.75) is 24.6 Å². The van der Waals surface area contributed by atoms with Crippen molar-refractivity contribution in [2.24, 2.45) is 5.73 Å². The van der Waals surface area contributed by atoms with Gasteiger partial charge in [-0.05, 0) is 31.0 Å². The molecule has 1 aliphatic carbocycles. The molecular formula is C14H13F3N2O. The van der Waals surface area contributed by atoms with E-state index in [1.54, 1.807) is 12.1 Å². The van der Waals surface area contributed by atoms with Gasteiger partial charge in [-0.15, -0.1) is 0 Å². The zero-order chi connectivity index (χ0) is 14.8. The molecule has 3 N–H and O–H groups in total. The van der Waals surface area contributed by atoms with Crippen LogP contribution in [-0.2, 0) is 0 Å². The van der Waals surface area contributed by atoms with Gasteiger partial charge in [-0.2, -0.15) is 13.2 Å². The Bertz CT molecular complexity index is 580. The number of benzene rings is 1. The Morgan fingerprint density at radius 2 is 2.10 bits per heavy atom. The number of hydrogen-bond acceptors (Lipinski definition) is 2. The van der Waals surface area contributed by atoms with E-state index in [1.807, 2.05) is 0 Å². The molecular weight excluding hydrogens is 269 g/mol. The Kier molecular flexibility index (Phi) is 3.73. The SMILES string of the molecule is NCC#Cc1cccc(C(=O)NC2(C(F)(F)F)CC2)c1. The molecule has 0 atom stereocenters. The van der Waals surface area contributed by atoms with Crippen molar-refractivity contribution in [1.29, 1.82) is 0 Å². The summed E-state index contributed by atoms with van der Waals surface area (Å²) >= 11 is 0. The van der Waals surface area contributed by atoms with Gasteiger partial charge in [0.15, 0.2) is 0 Å². The van der Waals surface area contributed by atoms with Gasteiger partial charge in [0.1, 0.15) is 5.54 Å². The highest BCUT2D eigenvalue weighted by molar-refractivity contribution is 5.95. The fraction of sp³-hybridized carbons (Fsp3) is 0.357. The third-order valence-corrected chi connectivity index (χ3v) is 3.10. The Hall–Kier alpha value is -2.00. The number of amides is 1. The minimum atomic E-state index is -4.42. The summed E-state index contributed by atoms with van der Waals surface area (Å²) in [5, 5.41) is 2.07. The maximum atomic E-state index is 12.8. The summed E-state index contributed by atoms with van der Waals surface area (Å²) in [7, 11) is 0. The highest BCUT2D eigenvalue weighted by Gasteiger charge is 2.64. The second-order valence-electron chi connectivity index (χ2n) is 4.62. The van der Waals surface area contributed by atoms with Crippen molar-refractivity contribution in [3.05, 3.63) is 35.4 Å². The third kappa shape index (κ3) is 2.94. The molecule has 1 amide bonds. The first-order valence-corrected chi connectivity index (χ1v) is 6.06. The normalized spacial score (nSPS) is 16.0. The Morgan fingerprint density at radius 1 is 1.40 bits per heavy atom. The molecule has 1 aromatic rings. The molecule has 1 aromatic carbocycles. The molecule has 3 nitrogen and oxygen atoms in total. The van der Waals surface area contributed by atoms with Crippen molar-refractivity contribution in [1.82, 2.24) is 5.32 Å². The molecule has 20 heavy (non-hydrogen) atoms. The van der Waals surface area contributed by atoms with E-state index in [1.165, 1.54) is 12.1 Å². The van der Waals surface area contributed by atoms with Crippen LogP contribution >= 0.6 is 0 Å². The maximum Gasteiger partial charge on any atom is 0.411 e. The molecule has 0 bridgehead atoms. The summed E-state index contributed by atoms with van der Waals surface area (Å²) in [5.41, 5.74) is 3.88. The third-order valence-electron chi connectivity index (χ3n) is 3.10. The molecule has 0 radical (unpaired) electrons. The largest absolute Gasteiger partial charge is 0.411 e. The van der Waals surface area contributed by atoms with Crippen LogP contribution in [0.15, 0.2) is 24.3 Å². The fourth-order valence-corrected chi connectivity index (χ4v) is 1.79. The molecule has 106 valence electrons. The molecule has 0 saturated heterocycles. The summed E-state index contributed by atoms with van der Waals surface area (Å²) in [5.74, 6) is 4.61. The molecule has 2 rings (SSSR count). The van der Waals surface area contributed by atoms with Gasteiger partial charge in [-0.25, -0.2) is 0 Å². The number of carbonyl (C=O) groups excluding carboxylic acids is 1. The van der Waals surface area contributed by atoms with Gasteiger partial charge in [0, 0.05) is 11.1 Å². The molecule has 1 fully saturated rings. The quantitative estimate of drug-likeness (QED) is 0.813.